The van der Waals surface area contributed by atoms with E-state index in [0.29, 0.717) is 0 Å². The van der Waals surface area contributed by atoms with Crippen molar-refractivity contribution in [3.05, 3.63) is 29.8 Å². The Morgan fingerprint density at radius 1 is 1.10 bits per heavy atom. The fourth-order valence-electron chi connectivity index (χ4n) is 1.43. The van der Waals surface area contributed by atoms with E-state index in [1.54, 1.807) is 7.05 Å². The Balaban J connectivity index is 2.30. The van der Waals surface area contributed by atoms with Gasteiger partial charge in [-0.1, -0.05) is 6.07 Å². The second kappa shape index (κ2) is 5.81. The summed E-state index contributed by atoms with van der Waals surface area (Å²) >= 11 is 0. The Morgan fingerprint density at radius 2 is 1.81 bits per heavy atom. The van der Waals surface area contributed by atoms with Crippen LogP contribution in [0.2, 0.25) is 0 Å². The number of nitrogens with zero attached hydrogens (tertiary/aromatic N) is 3. The highest BCUT2D eigenvalue weighted by atomic mass is 19.4. The fraction of sp³-hybridized carbons (Fsp3) is 0.250. The highest BCUT2D eigenvalue weighted by molar-refractivity contribution is 5.33. The van der Waals surface area contributed by atoms with Crippen LogP contribution >= 0.6 is 0 Å². The molecular formula is C12H11F3N4O2. The average Bonchev–Trinajstić information content (AvgIpc) is 2.46. The van der Waals surface area contributed by atoms with E-state index in [-0.39, 0.29) is 23.7 Å². The Bertz CT molecular complexity index is 612. The summed E-state index contributed by atoms with van der Waals surface area (Å²) in [7, 11) is 2.92. The number of hydrogen-bond donors (Lipinski definition) is 1. The standard InChI is InChI=1S/C12H11F3N4O2/c1-16-9-17-10(20-2)19-11(18-9)21-8-5-3-4-7(6-8)12(13,14)15/h3-6H,1-2H3,(H,16,17,18,19). The summed E-state index contributed by atoms with van der Waals surface area (Å²) < 4.78 is 47.9. The molecule has 1 aromatic carbocycles. The van der Waals surface area contributed by atoms with Gasteiger partial charge in [-0.2, -0.15) is 23.1 Å². The second-order valence-electron chi connectivity index (χ2n) is 3.81. The van der Waals surface area contributed by atoms with Gasteiger partial charge in [0.25, 0.3) is 0 Å². The van der Waals surface area contributed by atoms with Crippen molar-refractivity contribution in [2.24, 2.45) is 0 Å². The van der Waals surface area contributed by atoms with E-state index in [4.69, 9.17) is 9.47 Å². The number of anilines is 1. The molecule has 0 fully saturated rings. The zero-order chi connectivity index (χ0) is 15.5. The van der Waals surface area contributed by atoms with Gasteiger partial charge in [-0.3, -0.25) is 0 Å². The Hall–Kier alpha value is -2.58. The zero-order valence-electron chi connectivity index (χ0n) is 11.1. The van der Waals surface area contributed by atoms with Crippen LogP contribution in [-0.2, 0) is 6.18 Å². The summed E-state index contributed by atoms with van der Waals surface area (Å²) in [6, 6.07) is 4.21. The topological polar surface area (TPSA) is 69.2 Å². The molecule has 2 rings (SSSR count). The molecule has 6 nitrogen and oxygen atoms in total. The molecule has 0 amide bonds. The minimum absolute atomic E-state index is 0.0173. The number of hydrogen-bond acceptors (Lipinski definition) is 6. The van der Waals surface area contributed by atoms with E-state index in [0.717, 1.165) is 12.1 Å². The first-order valence-electron chi connectivity index (χ1n) is 5.75. The molecular weight excluding hydrogens is 289 g/mol. The minimum Gasteiger partial charge on any atom is -0.467 e. The fourth-order valence-corrected chi connectivity index (χ4v) is 1.43. The molecule has 112 valence electrons. The van der Waals surface area contributed by atoms with Crippen LogP contribution in [-0.4, -0.2) is 29.1 Å². The first kappa shape index (κ1) is 14.8. The Morgan fingerprint density at radius 3 is 2.43 bits per heavy atom. The predicted octanol–water partition coefficient (Wildman–Crippen LogP) is 2.73. The molecule has 9 heteroatoms. The summed E-state index contributed by atoms with van der Waals surface area (Å²) in [6.45, 7) is 0. The SMILES string of the molecule is CNc1nc(OC)nc(Oc2cccc(C(F)(F)F)c2)n1. The van der Waals surface area contributed by atoms with Crippen molar-refractivity contribution in [1.29, 1.82) is 0 Å². The molecule has 0 saturated heterocycles. The van der Waals surface area contributed by atoms with Gasteiger partial charge in [0.05, 0.1) is 12.7 Å². The third-order valence-electron chi connectivity index (χ3n) is 2.37. The molecule has 0 aliphatic rings. The first-order chi connectivity index (χ1) is 9.92. The van der Waals surface area contributed by atoms with Gasteiger partial charge in [-0.15, -0.1) is 4.98 Å². The lowest BCUT2D eigenvalue weighted by molar-refractivity contribution is -0.137. The van der Waals surface area contributed by atoms with Crippen LogP contribution in [0, 0.1) is 0 Å². The molecule has 1 N–H and O–H groups in total. The number of rotatable bonds is 4. The number of nitrogens with one attached hydrogen (secondary N) is 1. The molecule has 1 heterocycles. The first-order valence-corrected chi connectivity index (χ1v) is 5.75. The molecule has 0 unspecified atom stereocenters. The van der Waals surface area contributed by atoms with E-state index in [2.05, 4.69) is 20.3 Å². The molecule has 0 radical (unpaired) electrons. The molecule has 0 spiro atoms. The Kier molecular flexibility index (Phi) is 4.10. The second-order valence-corrected chi connectivity index (χ2v) is 3.81. The number of halogens is 3. The van der Waals surface area contributed by atoms with Gasteiger partial charge in [-0.25, -0.2) is 0 Å². The van der Waals surface area contributed by atoms with Gasteiger partial charge < -0.3 is 14.8 Å². The minimum atomic E-state index is -4.45. The molecule has 0 saturated carbocycles. The smallest absolute Gasteiger partial charge is 0.416 e. The number of aromatic nitrogens is 3. The van der Waals surface area contributed by atoms with Crippen molar-refractivity contribution in [3.63, 3.8) is 0 Å². The number of methoxy groups -OCH3 is 1. The van der Waals surface area contributed by atoms with E-state index in [9.17, 15) is 13.2 Å². The largest absolute Gasteiger partial charge is 0.467 e. The van der Waals surface area contributed by atoms with Gasteiger partial charge in [0.2, 0.25) is 5.95 Å². The van der Waals surface area contributed by atoms with E-state index in [1.807, 2.05) is 0 Å². The molecule has 21 heavy (non-hydrogen) atoms. The maximum absolute atomic E-state index is 12.6. The van der Waals surface area contributed by atoms with E-state index in [1.165, 1.54) is 19.2 Å². The number of ether oxygens (including phenoxy) is 2. The van der Waals surface area contributed by atoms with E-state index >= 15 is 0 Å². The van der Waals surface area contributed by atoms with Crippen LogP contribution in [0.4, 0.5) is 19.1 Å². The van der Waals surface area contributed by atoms with Crippen molar-refractivity contribution in [1.82, 2.24) is 15.0 Å². The van der Waals surface area contributed by atoms with Gasteiger partial charge in [0.15, 0.2) is 0 Å². The van der Waals surface area contributed by atoms with Crippen LogP contribution in [0.1, 0.15) is 5.56 Å². The molecule has 0 atom stereocenters. The quantitative estimate of drug-likeness (QED) is 0.936. The highest BCUT2D eigenvalue weighted by Gasteiger charge is 2.30. The van der Waals surface area contributed by atoms with Gasteiger partial charge in [0, 0.05) is 7.05 Å². The number of benzene rings is 1. The normalized spacial score (nSPS) is 11.1. The van der Waals surface area contributed by atoms with Gasteiger partial charge >= 0.3 is 18.2 Å². The summed E-state index contributed by atoms with van der Waals surface area (Å²) in [6.07, 6.45) is -4.45. The van der Waals surface area contributed by atoms with Gasteiger partial charge in [-0.05, 0) is 18.2 Å². The Labute approximate surface area is 118 Å². The van der Waals surface area contributed by atoms with Crippen LogP contribution in [0.15, 0.2) is 24.3 Å². The summed E-state index contributed by atoms with van der Waals surface area (Å²) in [5.41, 5.74) is -0.824. The third-order valence-corrected chi connectivity index (χ3v) is 2.37. The van der Waals surface area contributed by atoms with Gasteiger partial charge in [0.1, 0.15) is 5.75 Å². The van der Waals surface area contributed by atoms with Crippen LogP contribution in [0.25, 0.3) is 0 Å². The van der Waals surface area contributed by atoms with Crippen molar-refractivity contribution < 1.29 is 22.6 Å². The molecule has 0 aliphatic carbocycles. The maximum atomic E-state index is 12.6. The molecule has 1 aromatic heterocycles. The third kappa shape index (κ3) is 3.71. The molecule has 0 aliphatic heterocycles. The van der Waals surface area contributed by atoms with Crippen molar-refractivity contribution in [2.45, 2.75) is 6.18 Å². The predicted molar refractivity (Wildman–Crippen MR) is 67.4 cm³/mol. The summed E-state index contributed by atoms with van der Waals surface area (Å²) in [5.74, 6) is 0.129. The summed E-state index contributed by atoms with van der Waals surface area (Å²) in [4.78, 5) is 11.5. The van der Waals surface area contributed by atoms with Crippen molar-refractivity contribution in [3.8, 4) is 17.8 Å². The lowest BCUT2D eigenvalue weighted by atomic mass is 10.2. The van der Waals surface area contributed by atoms with Crippen LogP contribution in [0.5, 0.6) is 17.8 Å². The lowest BCUT2D eigenvalue weighted by Gasteiger charge is -2.09. The monoisotopic (exact) mass is 300 g/mol. The van der Waals surface area contributed by atoms with E-state index < -0.39 is 11.7 Å². The average molecular weight is 300 g/mol. The zero-order valence-corrected chi connectivity index (χ0v) is 11.1. The van der Waals surface area contributed by atoms with Crippen LogP contribution in [0.3, 0.4) is 0 Å². The van der Waals surface area contributed by atoms with Crippen molar-refractivity contribution in [2.75, 3.05) is 19.5 Å². The van der Waals surface area contributed by atoms with Crippen molar-refractivity contribution >= 4 is 5.95 Å². The molecule has 2 aromatic rings. The summed E-state index contributed by atoms with van der Waals surface area (Å²) in [5, 5.41) is 2.66. The highest BCUT2D eigenvalue weighted by Crippen LogP contribution is 2.32. The molecule has 0 bridgehead atoms. The van der Waals surface area contributed by atoms with Crippen LogP contribution < -0.4 is 14.8 Å². The maximum Gasteiger partial charge on any atom is 0.416 e. The lowest BCUT2D eigenvalue weighted by Crippen LogP contribution is -2.05. The number of alkyl halides is 3.